The monoisotopic (exact) mass is 329 g/mol. The zero-order chi connectivity index (χ0) is 13.2. The maximum atomic E-state index is 12.8. The van der Waals surface area contributed by atoms with E-state index in [0.717, 1.165) is 28.9 Å². The van der Waals surface area contributed by atoms with Crippen molar-refractivity contribution >= 4 is 33.0 Å². The highest BCUT2D eigenvalue weighted by molar-refractivity contribution is 9.10. The van der Waals surface area contributed by atoms with Gasteiger partial charge in [-0.05, 0) is 66.7 Å². The fourth-order valence-electron chi connectivity index (χ4n) is 2.62. The number of halogens is 1. The molecule has 0 saturated carbocycles. The van der Waals surface area contributed by atoms with Gasteiger partial charge < -0.3 is 0 Å². The normalized spacial score (nSPS) is 20.6. The zero-order valence-corrected chi connectivity index (χ0v) is 13.4. The first-order valence-corrected chi connectivity index (χ1v) is 8.29. The number of likely N-dealkylation sites (tertiary alicyclic amines) is 1. The molecule has 1 saturated heterocycles. The maximum absolute atomic E-state index is 12.8. The molecular formula is C14H20BrNOS. The molecule has 0 radical (unpaired) electrons. The van der Waals surface area contributed by atoms with E-state index >= 15 is 0 Å². The lowest BCUT2D eigenvalue weighted by Gasteiger charge is -2.41. The Kier molecular flexibility index (Phi) is 4.62. The van der Waals surface area contributed by atoms with Crippen LogP contribution in [0.2, 0.25) is 0 Å². The van der Waals surface area contributed by atoms with E-state index in [1.54, 1.807) is 11.3 Å². The number of carbonyl (C=O) groups excluding carboxylic acids is 1. The number of carbonyl (C=O) groups is 1. The number of piperidine rings is 1. The van der Waals surface area contributed by atoms with Gasteiger partial charge in [0.25, 0.3) is 0 Å². The molecule has 2 heterocycles. The number of rotatable bonds is 4. The summed E-state index contributed by atoms with van der Waals surface area (Å²) in [5.41, 5.74) is -0.339. The van der Waals surface area contributed by atoms with Crippen LogP contribution in [-0.4, -0.2) is 29.3 Å². The highest BCUT2D eigenvalue weighted by Gasteiger charge is 2.39. The van der Waals surface area contributed by atoms with Crippen molar-refractivity contribution in [1.29, 1.82) is 0 Å². The minimum atomic E-state index is -0.339. The topological polar surface area (TPSA) is 20.3 Å². The molecule has 0 N–H and O–H groups in total. The van der Waals surface area contributed by atoms with Crippen LogP contribution in [0.4, 0.5) is 0 Å². The van der Waals surface area contributed by atoms with Gasteiger partial charge in [-0.25, -0.2) is 0 Å². The van der Waals surface area contributed by atoms with Crippen LogP contribution in [0.25, 0.3) is 0 Å². The van der Waals surface area contributed by atoms with Crippen LogP contribution in [0.15, 0.2) is 15.9 Å². The second-order valence-electron chi connectivity index (χ2n) is 5.10. The Morgan fingerprint density at radius 3 is 2.61 bits per heavy atom. The SMILES string of the molecule is CCC(C)(C(=O)c1sccc1Br)N1CCCCC1. The molecule has 1 unspecified atom stereocenters. The summed E-state index contributed by atoms with van der Waals surface area (Å²) in [4.78, 5) is 16.1. The van der Waals surface area contributed by atoms with Crippen LogP contribution in [0.3, 0.4) is 0 Å². The molecule has 1 aromatic rings. The average molecular weight is 330 g/mol. The third-order valence-electron chi connectivity index (χ3n) is 4.06. The smallest absolute Gasteiger partial charge is 0.193 e. The molecule has 100 valence electrons. The average Bonchev–Trinajstić information content (AvgIpc) is 2.84. The third-order valence-corrected chi connectivity index (χ3v) is 5.89. The van der Waals surface area contributed by atoms with Crippen molar-refractivity contribution in [3.63, 3.8) is 0 Å². The van der Waals surface area contributed by atoms with Crippen molar-refractivity contribution in [2.45, 2.75) is 45.1 Å². The Labute approximate surface area is 122 Å². The predicted molar refractivity (Wildman–Crippen MR) is 80.5 cm³/mol. The molecule has 0 aliphatic carbocycles. The van der Waals surface area contributed by atoms with Crippen molar-refractivity contribution in [3.05, 3.63) is 20.8 Å². The predicted octanol–water partition coefficient (Wildman–Crippen LogP) is 4.35. The van der Waals surface area contributed by atoms with Crippen LogP contribution in [0, 0.1) is 0 Å². The number of hydrogen-bond donors (Lipinski definition) is 0. The van der Waals surface area contributed by atoms with Crippen LogP contribution in [-0.2, 0) is 0 Å². The van der Waals surface area contributed by atoms with Gasteiger partial charge in [-0.3, -0.25) is 9.69 Å². The van der Waals surface area contributed by atoms with Gasteiger partial charge in [-0.2, -0.15) is 0 Å². The van der Waals surface area contributed by atoms with Crippen LogP contribution in [0.1, 0.15) is 49.2 Å². The summed E-state index contributed by atoms with van der Waals surface area (Å²) in [6.45, 7) is 6.33. The van der Waals surface area contributed by atoms with Gasteiger partial charge in [0, 0.05) is 4.47 Å². The molecule has 2 nitrogen and oxygen atoms in total. The number of ketones is 1. The van der Waals surface area contributed by atoms with Crippen molar-refractivity contribution in [2.24, 2.45) is 0 Å². The van der Waals surface area contributed by atoms with Crippen molar-refractivity contribution in [3.8, 4) is 0 Å². The van der Waals surface area contributed by atoms with Crippen LogP contribution < -0.4 is 0 Å². The molecule has 0 spiro atoms. The largest absolute Gasteiger partial charge is 0.291 e. The van der Waals surface area contributed by atoms with Gasteiger partial charge in [-0.1, -0.05) is 13.3 Å². The summed E-state index contributed by atoms with van der Waals surface area (Å²) >= 11 is 5.02. The fraction of sp³-hybridized carbons (Fsp3) is 0.643. The Hall–Kier alpha value is -0.190. The van der Waals surface area contributed by atoms with E-state index in [4.69, 9.17) is 0 Å². The molecule has 1 fully saturated rings. The van der Waals surface area contributed by atoms with Gasteiger partial charge in [0.2, 0.25) is 0 Å². The lowest BCUT2D eigenvalue weighted by molar-refractivity contribution is 0.0509. The number of nitrogens with zero attached hydrogens (tertiary/aromatic N) is 1. The lowest BCUT2D eigenvalue weighted by atomic mass is 9.88. The molecule has 1 atom stereocenters. The Bertz CT molecular complexity index is 425. The van der Waals surface area contributed by atoms with E-state index in [9.17, 15) is 4.79 Å². The molecular weight excluding hydrogens is 310 g/mol. The second-order valence-corrected chi connectivity index (χ2v) is 6.87. The molecule has 1 aromatic heterocycles. The summed E-state index contributed by atoms with van der Waals surface area (Å²) in [6, 6.07) is 1.96. The first kappa shape index (κ1) is 14.2. The Morgan fingerprint density at radius 1 is 1.44 bits per heavy atom. The molecule has 0 aromatic carbocycles. The van der Waals surface area contributed by atoms with Gasteiger partial charge >= 0.3 is 0 Å². The fourth-order valence-corrected chi connectivity index (χ4v) is 4.23. The molecule has 1 aliphatic heterocycles. The molecule has 1 aliphatic rings. The van der Waals surface area contributed by atoms with Crippen molar-refractivity contribution < 1.29 is 4.79 Å². The van der Waals surface area contributed by atoms with E-state index in [-0.39, 0.29) is 11.3 Å². The molecule has 0 amide bonds. The van der Waals surface area contributed by atoms with Gasteiger partial charge in [0.05, 0.1) is 10.4 Å². The van der Waals surface area contributed by atoms with Crippen LogP contribution >= 0.6 is 27.3 Å². The number of Topliss-reactive ketones (excluding diaryl/α,β-unsaturated/α-hetero) is 1. The quantitative estimate of drug-likeness (QED) is 0.765. The van der Waals surface area contributed by atoms with E-state index in [1.165, 1.54) is 19.3 Å². The summed E-state index contributed by atoms with van der Waals surface area (Å²) < 4.78 is 0.939. The number of thiophene rings is 1. The lowest BCUT2D eigenvalue weighted by Crippen LogP contribution is -2.53. The Morgan fingerprint density at radius 2 is 2.11 bits per heavy atom. The number of hydrogen-bond acceptors (Lipinski definition) is 3. The second kappa shape index (κ2) is 5.85. The van der Waals surface area contributed by atoms with Crippen LogP contribution in [0.5, 0.6) is 0 Å². The minimum Gasteiger partial charge on any atom is -0.291 e. The molecule has 18 heavy (non-hydrogen) atoms. The highest BCUT2D eigenvalue weighted by atomic mass is 79.9. The zero-order valence-electron chi connectivity index (χ0n) is 11.0. The first-order chi connectivity index (χ1) is 8.59. The summed E-state index contributed by atoms with van der Waals surface area (Å²) in [6.07, 6.45) is 4.60. The van der Waals surface area contributed by atoms with Crippen molar-refractivity contribution in [2.75, 3.05) is 13.1 Å². The summed E-state index contributed by atoms with van der Waals surface area (Å²) in [7, 11) is 0. The summed E-state index contributed by atoms with van der Waals surface area (Å²) in [5, 5.41) is 1.98. The van der Waals surface area contributed by atoms with Gasteiger partial charge in [0.1, 0.15) is 0 Å². The highest BCUT2D eigenvalue weighted by Crippen LogP contribution is 2.33. The van der Waals surface area contributed by atoms with E-state index < -0.39 is 0 Å². The minimum absolute atomic E-state index is 0.272. The van der Waals surface area contributed by atoms with E-state index in [0.29, 0.717) is 0 Å². The van der Waals surface area contributed by atoms with E-state index in [1.807, 2.05) is 11.4 Å². The summed E-state index contributed by atoms with van der Waals surface area (Å²) in [5.74, 6) is 0.272. The standard InChI is InChI=1S/C14H20BrNOS/c1-3-14(2,16-8-5-4-6-9-16)13(17)12-11(15)7-10-18-12/h7,10H,3-6,8-9H2,1-2H3. The van der Waals surface area contributed by atoms with Gasteiger partial charge in [0.15, 0.2) is 5.78 Å². The molecule has 0 bridgehead atoms. The Balaban J connectivity index is 2.26. The van der Waals surface area contributed by atoms with Crippen molar-refractivity contribution in [1.82, 2.24) is 4.90 Å². The van der Waals surface area contributed by atoms with E-state index in [2.05, 4.69) is 34.7 Å². The molecule has 2 rings (SSSR count). The third kappa shape index (κ3) is 2.56. The molecule has 4 heteroatoms. The maximum Gasteiger partial charge on any atom is 0.193 e. The first-order valence-electron chi connectivity index (χ1n) is 6.62. The van der Waals surface area contributed by atoms with Gasteiger partial charge in [-0.15, -0.1) is 11.3 Å².